The molecule has 2 unspecified atom stereocenters. The Morgan fingerprint density at radius 3 is 2.44 bits per heavy atom. The van der Waals surface area contributed by atoms with Crippen molar-refractivity contribution in [3.8, 4) is 0 Å². The molecule has 0 aromatic rings. The Kier molecular flexibility index (Phi) is 6.00. The zero-order valence-corrected chi connectivity index (χ0v) is 19.4. The third-order valence-corrected chi connectivity index (χ3v) is 10.5. The summed E-state index contributed by atoms with van der Waals surface area (Å²) in [7, 11) is 0. The van der Waals surface area contributed by atoms with Gasteiger partial charge in [0.1, 0.15) is 30.2 Å². The number of carbonyl (C=O) groups is 1. The Morgan fingerprint density at radius 1 is 0.938 bits per heavy atom. The van der Waals surface area contributed by atoms with Crippen LogP contribution in [0.5, 0.6) is 0 Å². The first-order valence-electron chi connectivity index (χ1n) is 12.7. The molecule has 1 heterocycles. The van der Waals surface area contributed by atoms with Crippen molar-refractivity contribution in [2.24, 2.45) is 34.5 Å². The summed E-state index contributed by atoms with van der Waals surface area (Å²) >= 11 is 0. The topological polar surface area (TPSA) is 116 Å². The van der Waals surface area contributed by atoms with Gasteiger partial charge in [-0.3, -0.25) is 4.79 Å². The van der Waals surface area contributed by atoms with Gasteiger partial charge in [-0.1, -0.05) is 13.8 Å². The summed E-state index contributed by atoms with van der Waals surface area (Å²) in [5.74, 6) is 2.84. The monoisotopic (exact) mass is 452 g/mol. The number of ether oxygens (including phenoxy) is 2. The fraction of sp³-hybridized carbons (Fsp3) is 0.960. The Balaban J connectivity index is 1.32. The highest BCUT2D eigenvalue weighted by atomic mass is 16.7. The number of aliphatic hydroxyl groups is 4. The molecule has 7 nitrogen and oxygen atoms in total. The van der Waals surface area contributed by atoms with Crippen LogP contribution in [0.3, 0.4) is 0 Å². The highest BCUT2D eigenvalue weighted by Gasteiger charge is 2.61. The van der Waals surface area contributed by atoms with E-state index in [1.54, 1.807) is 0 Å². The lowest BCUT2D eigenvalue weighted by molar-refractivity contribution is -0.319. The molecule has 1 aliphatic heterocycles. The predicted molar refractivity (Wildman–Crippen MR) is 115 cm³/mol. The smallest absolute Gasteiger partial charge is 0.186 e. The number of hydrogen-bond acceptors (Lipinski definition) is 7. The fourth-order valence-corrected chi connectivity index (χ4v) is 8.56. The van der Waals surface area contributed by atoms with Crippen LogP contribution in [-0.2, 0) is 14.3 Å². The molecule has 5 rings (SSSR count). The molecule has 5 fully saturated rings. The van der Waals surface area contributed by atoms with Gasteiger partial charge in [-0.25, -0.2) is 0 Å². The molecule has 4 N–H and O–H groups in total. The number of rotatable bonds is 3. The van der Waals surface area contributed by atoms with Gasteiger partial charge in [-0.2, -0.15) is 0 Å². The molecule has 4 aliphatic carbocycles. The molecular weight excluding hydrogens is 412 g/mol. The van der Waals surface area contributed by atoms with Crippen molar-refractivity contribution in [1.29, 1.82) is 0 Å². The maximum Gasteiger partial charge on any atom is 0.186 e. The standard InChI is InChI=1S/C25H40O7/c1-24-9-7-14(27)11-13(24)3-4-15-16-5-6-19(25(16,2)10-8-17(15)24)32-23-22(30)21(29)20(28)18(12-26)31-23/h13,15-23,26,28-30H,3-12H2,1-2H3/t13?,15-,16-,17+,18+,19?,20+,21-,22+,23-,24-,25-/m0/s1. The van der Waals surface area contributed by atoms with Gasteiger partial charge in [0, 0.05) is 12.8 Å². The number of hydrogen-bond donors (Lipinski definition) is 4. The van der Waals surface area contributed by atoms with E-state index in [0.29, 0.717) is 29.5 Å². The molecule has 5 aliphatic rings. The number of aliphatic hydroxyl groups excluding tert-OH is 4. The van der Waals surface area contributed by atoms with E-state index < -0.39 is 37.3 Å². The Labute approximate surface area is 190 Å². The van der Waals surface area contributed by atoms with Crippen LogP contribution in [0.15, 0.2) is 0 Å². The van der Waals surface area contributed by atoms with E-state index in [1.807, 2.05) is 0 Å². The number of Topliss-reactive ketones (excluding diaryl/α,β-unsaturated/α-hetero) is 1. The molecule has 0 radical (unpaired) electrons. The summed E-state index contributed by atoms with van der Waals surface area (Å²) in [5, 5.41) is 40.2. The summed E-state index contributed by atoms with van der Waals surface area (Å²) in [6.45, 7) is 4.32. The summed E-state index contributed by atoms with van der Waals surface area (Å²) in [4.78, 5) is 12.1. The summed E-state index contributed by atoms with van der Waals surface area (Å²) in [6, 6.07) is 0. The van der Waals surface area contributed by atoms with Gasteiger partial charge in [0.15, 0.2) is 6.29 Å². The molecule has 1 saturated heterocycles. The van der Waals surface area contributed by atoms with Gasteiger partial charge in [0.05, 0.1) is 12.7 Å². The zero-order valence-electron chi connectivity index (χ0n) is 19.4. The van der Waals surface area contributed by atoms with Gasteiger partial charge in [-0.05, 0) is 79.4 Å². The molecule has 0 aromatic heterocycles. The molecule has 0 amide bonds. The van der Waals surface area contributed by atoms with Crippen LogP contribution in [0.25, 0.3) is 0 Å². The average molecular weight is 453 g/mol. The largest absolute Gasteiger partial charge is 0.394 e. The minimum Gasteiger partial charge on any atom is -0.394 e. The van der Waals surface area contributed by atoms with E-state index in [9.17, 15) is 25.2 Å². The summed E-state index contributed by atoms with van der Waals surface area (Å²) in [5.41, 5.74) is 0.252. The van der Waals surface area contributed by atoms with Crippen molar-refractivity contribution < 1.29 is 34.7 Å². The Hall–Kier alpha value is -0.570. The van der Waals surface area contributed by atoms with Gasteiger partial charge in [-0.15, -0.1) is 0 Å². The third-order valence-electron chi connectivity index (χ3n) is 10.5. The quantitative estimate of drug-likeness (QED) is 0.516. The zero-order chi connectivity index (χ0) is 22.8. The first-order valence-corrected chi connectivity index (χ1v) is 12.7. The summed E-state index contributed by atoms with van der Waals surface area (Å²) in [6.07, 6.45) is 2.84. The van der Waals surface area contributed by atoms with Crippen molar-refractivity contribution in [2.75, 3.05) is 6.61 Å². The molecule has 4 saturated carbocycles. The Bertz CT molecular complexity index is 727. The van der Waals surface area contributed by atoms with Crippen molar-refractivity contribution in [1.82, 2.24) is 0 Å². The van der Waals surface area contributed by atoms with Crippen molar-refractivity contribution in [2.45, 2.75) is 108 Å². The van der Waals surface area contributed by atoms with E-state index in [2.05, 4.69) is 13.8 Å². The highest BCUT2D eigenvalue weighted by molar-refractivity contribution is 5.79. The van der Waals surface area contributed by atoms with Gasteiger partial charge in [0.2, 0.25) is 0 Å². The van der Waals surface area contributed by atoms with Gasteiger partial charge < -0.3 is 29.9 Å². The van der Waals surface area contributed by atoms with E-state index in [-0.39, 0.29) is 16.9 Å². The van der Waals surface area contributed by atoms with Crippen molar-refractivity contribution in [3.63, 3.8) is 0 Å². The van der Waals surface area contributed by atoms with E-state index in [4.69, 9.17) is 9.47 Å². The molecule has 12 atom stereocenters. The van der Waals surface area contributed by atoms with Gasteiger partial charge >= 0.3 is 0 Å². The SMILES string of the molecule is C[C@]12CCC(=O)CC1CC[C@@H]1[C@H]2CC[C@]2(C)C(O[C@@H]3O[C@H](CO)[C@@H](O)[C@H](O)[C@H]3O)CC[C@@H]12. The normalized spacial score (nSPS) is 55.8. The van der Waals surface area contributed by atoms with Crippen LogP contribution in [0.4, 0.5) is 0 Å². The van der Waals surface area contributed by atoms with Gasteiger partial charge in [0.25, 0.3) is 0 Å². The molecule has 7 heteroatoms. The lowest BCUT2D eigenvalue weighted by Gasteiger charge is -2.60. The molecular formula is C25H40O7. The van der Waals surface area contributed by atoms with Crippen LogP contribution in [0.2, 0.25) is 0 Å². The number of ketones is 1. The van der Waals surface area contributed by atoms with Crippen molar-refractivity contribution in [3.05, 3.63) is 0 Å². The van der Waals surface area contributed by atoms with E-state index in [1.165, 1.54) is 6.42 Å². The number of carbonyl (C=O) groups excluding carboxylic acids is 1. The maximum atomic E-state index is 12.1. The second-order valence-electron chi connectivity index (χ2n) is 11.8. The maximum absolute atomic E-state index is 12.1. The summed E-state index contributed by atoms with van der Waals surface area (Å²) < 4.78 is 12.0. The van der Waals surface area contributed by atoms with E-state index in [0.717, 1.165) is 51.4 Å². The fourth-order valence-electron chi connectivity index (χ4n) is 8.56. The minimum absolute atomic E-state index is 0.0202. The molecule has 0 bridgehead atoms. The lowest BCUT2D eigenvalue weighted by atomic mass is 9.45. The number of fused-ring (bicyclic) bond motifs is 5. The molecule has 0 aromatic carbocycles. The second kappa shape index (κ2) is 8.28. The Morgan fingerprint density at radius 2 is 1.69 bits per heavy atom. The third kappa shape index (κ3) is 3.42. The van der Waals surface area contributed by atoms with E-state index >= 15 is 0 Å². The second-order valence-corrected chi connectivity index (χ2v) is 11.8. The minimum atomic E-state index is -1.41. The average Bonchev–Trinajstić information content (AvgIpc) is 3.10. The molecule has 0 spiro atoms. The molecule has 182 valence electrons. The van der Waals surface area contributed by atoms with Crippen LogP contribution in [0, 0.1) is 34.5 Å². The lowest BCUT2D eigenvalue weighted by Crippen LogP contribution is -2.60. The highest BCUT2D eigenvalue weighted by Crippen LogP contribution is 2.66. The molecule has 32 heavy (non-hydrogen) atoms. The van der Waals surface area contributed by atoms with Crippen molar-refractivity contribution >= 4 is 5.78 Å². The first-order chi connectivity index (χ1) is 15.2. The van der Waals surface area contributed by atoms with Crippen LogP contribution in [-0.4, -0.2) is 69.6 Å². The van der Waals surface area contributed by atoms with Crippen LogP contribution < -0.4 is 0 Å². The van der Waals surface area contributed by atoms with Crippen LogP contribution >= 0.6 is 0 Å². The predicted octanol–water partition coefficient (Wildman–Crippen LogP) is 1.78. The van der Waals surface area contributed by atoms with Crippen LogP contribution in [0.1, 0.15) is 71.6 Å². The first kappa shape index (κ1) is 23.2.